The molecule has 40 heavy (non-hydrogen) atoms. The zero-order chi connectivity index (χ0) is 28.0. The van der Waals surface area contributed by atoms with Crippen molar-refractivity contribution in [1.82, 2.24) is 29.6 Å². The van der Waals surface area contributed by atoms with Gasteiger partial charge in [0.1, 0.15) is 11.6 Å². The molecule has 0 radical (unpaired) electrons. The van der Waals surface area contributed by atoms with E-state index >= 15 is 0 Å². The first-order valence-electron chi connectivity index (χ1n) is 13.7. The lowest BCUT2D eigenvalue weighted by Crippen LogP contribution is -2.45. The van der Waals surface area contributed by atoms with Crippen LogP contribution in [0.4, 0.5) is 5.82 Å². The molecule has 3 aromatic heterocycles. The summed E-state index contributed by atoms with van der Waals surface area (Å²) in [6.45, 7) is 8.84. The predicted octanol–water partition coefficient (Wildman–Crippen LogP) is 4.05. The minimum atomic E-state index is -0.199. The van der Waals surface area contributed by atoms with Crippen LogP contribution in [-0.4, -0.2) is 62.3 Å². The molecule has 1 amide bonds. The number of nitrogens with zero attached hydrogens (tertiary/aromatic N) is 5. The highest BCUT2D eigenvalue weighted by molar-refractivity contribution is 5.95. The maximum atomic E-state index is 13.6. The van der Waals surface area contributed by atoms with Crippen LogP contribution in [0.15, 0.2) is 53.6 Å². The number of methoxy groups -OCH3 is 1. The minimum absolute atomic E-state index is 0.00510. The van der Waals surface area contributed by atoms with E-state index in [0.717, 1.165) is 65.7 Å². The van der Waals surface area contributed by atoms with Crippen molar-refractivity contribution in [1.29, 1.82) is 0 Å². The van der Waals surface area contributed by atoms with E-state index in [1.165, 1.54) is 0 Å². The molecule has 2 aliphatic rings. The molecule has 1 aromatic carbocycles. The molecular weight excluding hydrogens is 506 g/mol. The summed E-state index contributed by atoms with van der Waals surface area (Å²) >= 11 is 0. The molecule has 208 valence electrons. The van der Waals surface area contributed by atoms with Crippen LogP contribution in [0, 0.1) is 6.92 Å². The number of benzene rings is 1. The van der Waals surface area contributed by atoms with Crippen molar-refractivity contribution in [2.75, 3.05) is 31.6 Å². The number of nitrogens with one attached hydrogen (secondary N) is 2. The number of hydrogen-bond donors (Lipinski definition) is 2. The highest BCUT2D eigenvalue weighted by Crippen LogP contribution is 2.33. The van der Waals surface area contributed by atoms with Gasteiger partial charge in [0.05, 0.1) is 19.0 Å². The van der Waals surface area contributed by atoms with Crippen LogP contribution in [-0.2, 0) is 12.0 Å². The molecule has 4 aromatic rings. The molecule has 2 aliphatic heterocycles. The normalized spacial score (nSPS) is 17.1. The van der Waals surface area contributed by atoms with Gasteiger partial charge in [-0.1, -0.05) is 26.0 Å². The topological polar surface area (TPSA) is 112 Å². The van der Waals surface area contributed by atoms with Gasteiger partial charge in [0.2, 0.25) is 0 Å². The van der Waals surface area contributed by atoms with Gasteiger partial charge < -0.3 is 19.5 Å². The number of aromatic nitrogens is 5. The minimum Gasteiger partial charge on any atom is -0.497 e. The number of imidazole rings is 1. The van der Waals surface area contributed by atoms with Crippen molar-refractivity contribution in [3.8, 4) is 17.0 Å². The third kappa shape index (κ3) is 4.78. The molecule has 0 saturated carbocycles. The first kappa shape index (κ1) is 25.9. The Hall–Kier alpha value is -4.34. The summed E-state index contributed by atoms with van der Waals surface area (Å²) in [7, 11) is 1.63. The molecule has 10 heteroatoms. The second kappa shape index (κ2) is 10.0. The molecule has 0 bridgehead atoms. The largest absolute Gasteiger partial charge is 0.497 e. The smallest absolute Gasteiger partial charge is 0.326 e. The zero-order valence-corrected chi connectivity index (χ0v) is 23.4. The Morgan fingerprint density at radius 2 is 1.95 bits per heavy atom. The third-order valence-electron chi connectivity index (χ3n) is 8.12. The second-order valence-electron chi connectivity index (χ2n) is 11.5. The number of amides is 1. The van der Waals surface area contributed by atoms with E-state index < -0.39 is 0 Å². The van der Waals surface area contributed by atoms with Crippen LogP contribution in [0.2, 0.25) is 0 Å². The number of fused-ring (bicyclic) bond motifs is 1. The summed E-state index contributed by atoms with van der Waals surface area (Å²) in [4.78, 5) is 38.4. The average Bonchev–Trinajstić information content (AvgIpc) is 3.59. The molecule has 1 fully saturated rings. The Morgan fingerprint density at radius 1 is 1.15 bits per heavy atom. The lowest BCUT2D eigenvalue weighted by atomic mass is 9.83. The van der Waals surface area contributed by atoms with Crippen molar-refractivity contribution in [2.24, 2.45) is 0 Å². The standard InChI is InChI=1S/C30H35N7O3/c1-19-12-21(28(38)36-16-22-15-31-34-27(22)30(2,3)18-36)14-26(32-19)35-10-8-23(9-11-35)37-17-25(33-29(37)39)20-6-5-7-24(13-20)40-4/h5-7,12-15,17,23H,8-11,16,18H2,1-4H3,(H,31,34)(H,33,39). The number of carbonyl (C=O) groups excluding carboxylic acids is 1. The number of H-pyrrole nitrogens is 2. The van der Waals surface area contributed by atoms with Crippen LogP contribution >= 0.6 is 0 Å². The van der Waals surface area contributed by atoms with Gasteiger partial charge in [-0.05, 0) is 44.0 Å². The number of ether oxygens (including phenoxy) is 1. The van der Waals surface area contributed by atoms with E-state index in [9.17, 15) is 9.59 Å². The van der Waals surface area contributed by atoms with E-state index in [-0.39, 0.29) is 23.1 Å². The number of carbonyl (C=O) groups is 1. The van der Waals surface area contributed by atoms with Crippen LogP contribution in [0.3, 0.4) is 0 Å². The number of hydrogen-bond acceptors (Lipinski definition) is 6. The van der Waals surface area contributed by atoms with Crippen LogP contribution in [0.25, 0.3) is 11.3 Å². The van der Waals surface area contributed by atoms with Crippen LogP contribution in [0.1, 0.15) is 60.0 Å². The van der Waals surface area contributed by atoms with Crippen molar-refractivity contribution < 1.29 is 9.53 Å². The number of pyridine rings is 1. The first-order valence-corrected chi connectivity index (χ1v) is 13.7. The molecule has 5 heterocycles. The molecule has 2 N–H and O–H groups in total. The van der Waals surface area contributed by atoms with Gasteiger partial charge in [-0.15, -0.1) is 0 Å². The number of anilines is 1. The monoisotopic (exact) mass is 541 g/mol. The maximum Gasteiger partial charge on any atom is 0.326 e. The van der Waals surface area contributed by atoms with Crippen molar-refractivity contribution in [3.63, 3.8) is 0 Å². The van der Waals surface area contributed by atoms with Crippen LogP contribution in [0.5, 0.6) is 5.75 Å². The van der Waals surface area contributed by atoms with Gasteiger partial charge in [-0.2, -0.15) is 5.10 Å². The molecule has 6 rings (SSSR count). The van der Waals surface area contributed by atoms with Crippen molar-refractivity contribution >= 4 is 11.7 Å². The average molecular weight is 542 g/mol. The number of piperidine rings is 1. The second-order valence-corrected chi connectivity index (χ2v) is 11.5. The van der Waals surface area contributed by atoms with Gasteiger partial charge in [0.25, 0.3) is 5.91 Å². The lowest BCUT2D eigenvalue weighted by Gasteiger charge is -2.37. The fourth-order valence-corrected chi connectivity index (χ4v) is 6.09. The molecule has 0 aliphatic carbocycles. The van der Waals surface area contributed by atoms with E-state index in [2.05, 4.69) is 33.9 Å². The molecule has 1 saturated heterocycles. The Kier molecular flexibility index (Phi) is 6.48. The SMILES string of the molecule is COc1cccc(-c2cn(C3CCN(c4cc(C(=O)N5Cc6cn[nH]c6C(C)(C)C5)cc(C)n4)CC3)c(=O)[nH]2)c1. The number of rotatable bonds is 5. The zero-order valence-electron chi connectivity index (χ0n) is 23.4. The first-order chi connectivity index (χ1) is 19.2. The van der Waals surface area contributed by atoms with E-state index in [1.807, 2.05) is 65.2 Å². The molecule has 0 unspecified atom stereocenters. The summed E-state index contributed by atoms with van der Waals surface area (Å²) < 4.78 is 7.14. The Bertz CT molecular complexity index is 1610. The lowest BCUT2D eigenvalue weighted by molar-refractivity contribution is 0.0684. The molecule has 0 atom stereocenters. The summed E-state index contributed by atoms with van der Waals surface area (Å²) in [6.07, 6.45) is 5.33. The van der Waals surface area contributed by atoms with Gasteiger partial charge in [0, 0.05) is 71.9 Å². The summed E-state index contributed by atoms with van der Waals surface area (Å²) in [5.74, 6) is 1.56. The Labute approximate surface area is 233 Å². The van der Waals surface area contributed by atoms with Gasteiger partial charge in [-0.3, -0.25) is 14.5 Å². The van der Waals surface area contributed by atoms with Crippen molar-refractivity contribution in [2.45, 2.75) is 51.6 Å². The Morgan fingerprint density at radius 3 is 2.73 bits per heavy atom. The third-order valence-corrected chi connectivity index (χ3v) is 8.12. The molecular formula is C30H35N7O3. The van der Waals surface area contributed by atoms with Crippen molar-refractivity contribution in [3.05, 3.63) is 81.8 Å². The fourth-order valence-electron chi connectivity index (χ4n) is 6.09. The van der Waals surface area contributed by atoms with E-state index in [0.29, 0.717) is 18.7 Å². The predicted molar refractivity (Wildman–Crippen MR) is 153 cm³/mol. The number of aryl methyl sites for hydroxylation is 1. The van der Waals surface area contributed by atoms with Gasteiger partial charge >= 0.3 is 5.69 Å². The Balaban J connectivity index is 1.16. The summed E-state index contributed by atoms with van der Waals surface area (Å²) in [5.41, 5.74) is 5.01. The van der Waals surface area contributed by atoms with E-state index in [1.54, 1.807) is 7.11 Å². The van der Waals surface area contributed by atoms with E-state index in [4.69, 9.17) is 9.72 Å². The van der Waals surface area contributed by atoms with Gasteiger partial charge in [0.15, 0.2) is 0 Å². The molecule has 10 nitrogen and oxygen atoms in total. The maximum absolute atomic E-state index is 13.6. The molecule has 0 spiro atoms. The summed E-state index contributed by atoms with van der Waals surface area (Å²) in [5, 5.41) is 7.31. The fraction of sp³-hybridized carbons (Fsp3) is 0.400. The highest BCUT2D eigenvalue weighted by atomic mass is 16.5. The highest BCUT2D eigenvalue weighted by Gasteiger charge is 2.36. The van der Waals surface area contributed by atoms with Crippen LogP contribution < -0.4 is 15.3 Å². The quantitative estimate of drug-likeness (QED) is 0.394. The summed E-state index contributed by atoms with van der Waals surface area (Å²) in [6, 6.07) is 11.5. The van der Waals surface area contributed by atoms with Gasteiger partial charge in [-0.25, -0.2) is 9.78 Å². The number of aromatic amines is 2.